The van der Waals surface area contributed by atoms with Gasteiger partial charge in [-0.2, -0.15) is 0 Å². The first-order valence-electron chi connectivity index (χ1n) is 8.74. The number of nitrogens with zero attached hydrogens (tertiary/aromatic N) is 2. The molecule has 0 radical (unpaired) electrons. The Bertz CT molecular complexity index is 1090. The zero-order valence-corrected chi connectivity index (χ0v) is 15.8. The second-order valence-corrected chi connectivity index (χ2v) is 7.12. The van der Waals surface area contributed by atoms with Gasteiger partial charge in [0.2, 0.25) is 5.91 Å². The predicted octanol–water partition coefficient (Wildman–Crippen LogP) is 3.64. The number of nitrogens with one attached hydrogen (secondary N) is 1. The van der Waals surface area contributed by atoms with E-state index >= 15 is 0 Å². The molecule has 9 heteroatoms. The Hall–Kier alpha value is -3.33. The van der Waals surface area contributed by atoms with Crippen molar-refractivity contribution in [3.63, 3.8) is 0 Å². The van der Waals surface area contributed by atoms with Crippen LogP contribution in [-0.2, 0) is 11.2 Å². The van der Waals surface area contributed by atoms with Crippen LogP contribution in [0.15, 0.2) is 47.8 Å². The van der Waals surface area contributed by atoms with Crippen LogP contribution < -0.4 is 15.0 Å². The summed E-state index contributed by atoms with van der Waals surface area (Å²) in [5.41, 5.74) is 0.891. The molecule has 29 heavy (non-hydrogen) atoms. The normalized spacial score (nSPS) is 12.8. The quantitative estimate of drug-likeness (QED) is 0.706. The van der Waals surface area contributed by atoms with Crippen molar-refractivity contribution in [1.82, 2.24) is 4.98 Å². The third-order valence-corrected chi connectivity index (χ3v) is 5.12. The van der Waals surface area contributed by atoms with Gasteiger partial charge in [-0.3, -0.25) is 14.9 Å². The van der Waals surface area contributed by atoms with Crippen LogP contribution in [0.5, 0.6) is 5.75 Å². The summed E-state index contributed by atoms with van der Waals surface area (Å²) >= 11 is 1.14. The standard InChI is InChI=1S/C20H15F2N3O3S/c21-12-5-6-16-17(9-12)28-8-7-25(16)18(26)10-13-11-29-20(23-13)24-19(27)14-3-1-2-4-15(14)22/h1-6,9,11H,7-8,10H2,(H,23,24,27). The lowest BCUT2D eigenvalue weighted by atomic mass is 10.2. The number of hydrogen-bond donors (Lipinski definition) is 1. The number of aromatic nitrogens is 1. The predicted molar refractivity (Wildman–Crippen MR) is 104 cm³/mol. The number of thiazole rings is 1. The third-order valence-electron chi connectivity index (χ3n) is 4.31. The summed E-state index contributed by atoms with van der Waals surface area (Å²) in [7, 11) is 0. The van der Waals surface area contributed by atoms with Crippen LogP contribution in [0.3, 0.4) is 0 Å². The minimum Gasteiger partial charge on any atom is -0.489 e. The van der Waals surface area contributed by atoms with Crippen molar-refractivity contribution in [2.75, 3.05) is 23.4 Å². The smallest absolute Gasteiger partial charge is 0.260 e. The maximum atomic E-state index is 13.7. The molecule has 0 bridgehead atoms. The number of hydrogen-bond acceptors (Lipinski definition) is 5. The molecule has 0 unspecified atom stereocenters. The molecule has 4 rings (SSSR count). The van der Waals surface area contributed by atoms with Gasteiger partial charge in [0.15, 0.2) is 5.13 Å². The highest BCUT2D eigenvalue weighted by Crippen LogP contribution is 2.32. The first kappa shape index (κ1) is 19.0. The molecule has 148 valence electrons. The lowest BCUT2D eigenvalue weighted by molar-refractivity contribution is -0.118. The van der Waals surface area contributed by atoms with Crippen molar-refractivity contribution in [2.45, 2.75) is 6.42 Å². The molecule has 0 aliphatic carbocycles. The number of carbonyl (C=O) groups excluding carboxylic acids is 2. The van der Waals surface area contributed by atoms with Gasteiger partial charge in [-0.1, -0.05) is 12.1 Å². The van der Waals surface area contributed by atoms with Gasteiger partial charge in [-0.15, -0.1) is 11.3 Å². The highest BCUT2D eigenvalue weighted by molar-refractivity contribution is 7.14. The summed E-state index contributed by atoms with van der Waals surface area (Å²) in [5, 5.41) is 4.46. The Kier molecular flexibility index (Phi) is 5.22. The average Bonchev–Trinajstić information content (AvgIpc) is 3.14. The fraction of sp³-hybridized carbons (Fsp3) is 0.150. The second-order valence-electron chi connectivity index (χ2n) is 6.26. The van der Waals surface area contributed by atoms with Crippen molar-refractivity contribution in [3.05, 3.63) is 70.7 Å². The van der Waals surface area contributed by atoms with Gasteiger partial charge in [0, 0.05) is 11.4 Å². The zero-order chi connectivity index (χ0) is 20.4. The summed E-state index contributed by atoms with van der Waals surface area (Å²) in [6.45, 7) is 0.613. The molecule has 0 atom stereocenters. The monoisotopic (exact) mass is 415 g/mol. The number of anilines is 2. The summed E-state index contributed by atoms with van der Waals surface area (Å²) in [4.78, 5) is 30.7. The van der Waals surface area contributed by atoms with E-state index in [9.17, 15) is 18.4 Å². The van der Waals surface area contributed by atoms with Gasteiger partial charge in [-0.05, 0) is 24.3 Å². The first-order valence-corrected chi connectivity index (χ1v) is 9.62. The molecule has 0 spiro atoms. The summed E-state index contributed by atoms with van der Waals surface area (Å²) in [6.07, 6.45) is 0.00286. The number of fused-ring (bicyclic) bond motifs is 1. The Labute approximate surface area is 168 Å². The van der Waals surface area contributed by atoms with E-state index in [1.54, 1.807) is 11.4 Å². The highest BCUT2D eigenvalue weighted by Gasteiger charge is 2.25. The van der Waals surface area contributed by atoms with Gasteiger partial charge < -0.3 is 9.64 Å². The highest BCUT2D eigenvalue weighted by atomic mass is 32.1. The molecule has 1 aliphatic rings. The fourth-order valence-corrected chi connectivity index (χ4v) is 3.66. The Balaban J connectivity index is 1.44. The number of halogens is 2. The van der Waals surface area contributed by atoms with E-state index in [4.69, 9.17) is 4.74 Å². The van der Waals surface area contributed by atoms with E-state index in [0.29, 0.717) is 23.7 Å². The number of rotatable bonds is 4. The van der Waals surface area contributed by atoms with E-state index < -0.39 is 17.5 Å². The maximum Gasteiger partial charge on any atom is 0.260 e. The molecule has 3 aromatic rings. The van der Waals surface area contributed by atoms with Crippen LogP contribution in [0.2, 0.25) is 0 Å². The second kappa shape index (κ2) is 7.96. The molecule has 0 fully saturated rings. The van der Waals surface area contributed by atoms with Gasteiger partial charge in [0.25, 0.3) is 5.91 Å². The van der Waals surface area contributed by atoms with Crippen LogP contribution >= 0.6 is 11.3 Å². The SMILES string of the molecule is O=C(Nc1nc(CC(=O)N2CCOc3cc(F)ccc32)cs1)c1ccccc1F. The Morgan fingerprint density at radius 1 is 1.21 bits per heavy atom. The lowest BCUT2D eigenvalue weighted by Crippen LogP contribution is -2.39. The van der Waals surface area contributed by atoms with Crippen LogP contribution in [0.4, 0.5) is 19.6 Å². The third kappa shape index (κ3) is 4.09. The van der Waals surface area contributed by atoms with Gasteiger partial charge in [-0.25, -0.2) is 13.8 Å². The topological polar surface area (TPSA) is 71.5 Å². The molecule has 1 aromatic heterocycles. The Morgan fingerprint density at radius 3 is 2.86 bits per heavy atom. The van der Waals surface area contributed by atoms with Crippen LogP contribution in [-0.4, -0.2) is 29.9 Å². The molecule has 1 aliphatic heterocycles. The van der Waals surface area contributed by atoms with Crippen LogP contribution in [0, 0.1) is 11.6 Å². The zero-order valence-electron chi connectivity index (χ0n) is 15.0. The number of amides is 2. The molecule has 2 heterocycles. The fourth-order valence-electron chi connectivity index (χ4n) is 2.96. The Morgan fingerprint density at radius 2 is 2.03 bits per heavy atom. The molecule has 0 saturated carbocycles. The van der Waals surface area contributed by atoms with E-state index in [-0.39, 0.29) is 29.6 Å². The van der Waals surface area contributed by atoms with Crippen molar-refractivity contribution in [2.24, 2.45) is 0 Å². The summed E-state index contributed by atoms with van der Waals surface area (Å²) in [5.74, 6) is -1.58. The number of benzene rings is 2. The maximum absolute atomic E-state index is 13.7. The van der Waals surface area contributed by atoms with Crippen molar-refractivity contribution in [3.8, 4) is 5.75 Å². The average molecular weight is 415 g/mol. The van der Waals surface area contributed by atoms with Crippen molar-refractivity contribution < 1.29 is 23.1 Å². The largest absolute Gasteiger partial charge is 0.489 e. The van der Waals surface area contributed by atoms with Crippen LogP contribution in [0.1, 0.15) is 16.1 Å². The van der Waals surface area contributed by atoms with E-state index in [2.05, 4.69) is 10.3 Å². The molecule has 1 N–H and O–H groups in total. The first-order chi connectivity index (χ1) is 14.0. The van der Waals surface area contributed by atoms with E-state index in [1.807, 2.05) is 0 Å². The number of carbonyl (C=O) groups is 2. The van der Waals surface area contributed by atoms with Gasteiger partial charge in [0.05, 0.1) is 29.9 Å². The lowest BCUT2D eigenvalue weighted by Gasteiger charge is -2.29. The molecule has 2 aromatic carbocycles. The molecular formula is C20H15F2N3O3S. The summed E-state index contributed by atoms with van der Waals surface area (Å²) < 4.78 is 32.5. The molecule has 6 nitrogen and oxygen atoms in total. The molecular weight excluding hydrogens is 400 g/mol. The minimum atomic E-state index is -0.626. The molecule has 0 saturated heterocycles. The van der Waals surface area contributed by atoms with Gasteiger partial charge >= 0.3 is 0 Å². The molecule has 2 amide bonds. The van der Waals surface area contributed by atoms with E-state index in [0.717, 1.165) is 11.3 Å². The van der Waals surface area contributed by atoms with Crippen molar-refractivity contribution in [1.29, 1.82) is 0 Å². The van der Waals surface area contributed by atoms with Crippen LogP contribution in [0.25, 0.3) is 0 Å². The van der Waals surface area contributed by atoms with Crippen molar-refractivity contribution >= 4 is 34.0 Å². The minimum absolute atomic E-state index is 0.00286. The van der Waals surface area contributed by atoms with E-state index in [1.165, 1.54) is 41.3 Å². The summed E-state index contributed by atoms with van der Waals surface area (Å²) in [6, 6.07) is 9.66. The number of ether oxygens (including phenoxy) is 1. The van der Waals surface area contributed by atoms with Gasteiger partial charge in [0.1, 0.15) is 24.0 Å².